The van der Waals surface area contributed by atoms with Crippen LogP contribution >= 0.6 is 7.82 Å². The van der Waals surface area contributed by atoms with E-state index in [1.165, 1.54) is 25.7 Å². The van der Waals surface area contributed by atoms with E-state index in [9.17, 15) is 4.57 Å². The molecular weight excluding hydrogens is 267 g/mol. The molecule has 5 nitrogen and oxygen atoms in total. The lowest BCUT2D eigenvalue weighted by Gasteiger charge is -2.05. The van der Waals surface area contributed by atoms with Gasteiger partial charge in [-0.1, -0.05) is 45.4 Å². The molecule has 0 aliphatic rings. The summed E-state index contributed by atoms with van der Waals surface area (Å²) in [6.45, 7) is 4.02. The fraction of sp³-hybridized carbons (Fsp3) is 1.00. The maximum atomic E-state index is 10.4. The van der Waals surface area contributed by atoms with Crippen LogP contribution in [0.2, 0.25) is 0 Å². The van der Waals surface area contributed by atoms with Gasteiger partial charge in [0.25, 0.3) is 0 Å². The van der Waals surface area contributed by atoms with Crippen LogP contribution in [0.25, 0.3) is 0 Å². The maximum Gasteiger partial charge on any atom is 0.469 e. The van der Waals surface area contributed by atoms with Gasteiger partial charge in [0.05, 0.1) is 6.61 Å². The van der Waals surface area contributed by atoms with E-state index in [0.717, 1.165) is 45.3 Å². The molecule has 0 atom stereocenters. The second-order valence-corrected chi connectivity index (χ2v) is 6.00. The predicted molar refractivity (Wildman–Crippen MR) is 76.0 cm³/mol. The fourth-order valence-corrected chi connectivity index (χ4v) is 2.16. The van der Waals surface area contributed by atoms with Crippen molar-refractivity contribution in [1.82, 2.24) is 0 Å². The number of hydrogen-bond acceptors (Lipinski definition) is 3. The highest BCUT2D eigenvalue weighted by molar-refractivity contribution is 7.46. The molecule has 2 N–H and O–H groups in total. The van der Waals surface area contributed by atoms with Crippen LogP contribution in [0.3, 0.4) is 0 Å². The average molecular weight is 296 g/mol. The first kappa shape index (κ1) is 19.1. The molecule has 0 rings (SSSR count). The third-order valence-electron chi connectivity index (χ3n) is 2.79. The third-order valence-corrected chi connectivity index (χ3v) is 3.31. The van der Waals surface area contributed by atoms with E-state index in [2.05, 4.69) is 11.4 Å². The first-order valence-electron chi connectivity index (χ1n) is 7.34. The van der Waals surface area contributed by atoms with Crippen molar-refractivity contribution in [1.29, 1.82) is 0 Å². The van der Waals surface area contributed by atoms with Gasteiger partial charge in [0, 0.05) is 13.2 Å². The van der Waals surface area contributed by atoms with Gasteiger partial charge in [0.2, 0.25) is 0 Å². The minimum Gasteiger partial charge on any atom is -0.381 e. The minimum atomic E-state index is -4.26. The SMILES string of the molecule is CCCOCCCCCCCCCCOP(=O)(O)O. The van der Waals surface area contributed by atoms with Crippen LogP contribution in [-0.2, 0) is 13.8 Å². The summed E-state index contributed by atoms with van der Waals surface area (Å²) in [7, 11) is -4.26. The van der Waals surface area contributed by atoms with Gasteiger partial charge in [-0.2, -0.15) is 0 Å². The molecule has 0 fully saturated rings. The van der Waals surface area contributed by atoms with Crippen molar-refractivity contribution < 1.29 is 23.6 Å². The van der Waals surface area contributed by atoms with Gasteiger partial charge < -0.3 is 14.5 Å². The molecule has 0 amide bonds. The molecule has 0 radical (unpaired) electrons. The van der Waals surface area contributed by atoms with E-state index in [0.29, 0.717) is 0 Å². The highest BCUT2D eigenvalue weighted by Gasteiger charge is 2.12. The van der Waals surface area contributed by atoms with E-state index in [-0.39, 0.29) is 6.61 Å². The van der Waals surface area contributed by atoms with Gasteiger partial charge in [-0.3, -0.25) is 4.52 Å². The van der Waals surface area contributed by atoms with Crippen molar-refractivity contribution in [2.75, 3.05) is 19.8 Å². The van der Waals surface area contributed by atoms with Crippen molar-refractivity contribution in [3.05, 3.63) is 0 Å². The Morgan fingerprint density at radius 3 is 1.74 bits per heavy atom. The Balaban J connectivity index is 3.01. The molecule has 0 aromatic rings. The number of phosphoric acid groups is 1. The van der Waals surface area contributed by atoms with Gasteiger partial charge in [0.1, 0.15) is 0 Å². The number of rotatable bonds is 14. The quantitative estimate of drug-likeness (QED) is 0.378. The van der Waals surface area contributed by atoms with Crippen molar-refractivity contribution in [2.24, 2.45) is 0 Å². The van der Waals surface area contributed by atoms with Crippen LogP contribution in [0.4, 0.5) is 0 Å². The molecule has 0 unspecified atom stereocenters. The van der Waals surface area contributed by atoms with Crippen LogP contribution in [-0.4, -0.2) is 29.6 Å². The van der Waals surface area contributed by atoms with Crippen LogP contribution < -0.4 is 0 Å². The fourth-order valence-electron chi connectivity index (χ4n) is 1.80. The average Bonchev–Trinajstić information content (AvgIpc) is 2.34. The number of ether oxygens (including phenoxy) is 1. The van der Waals surface area contributed by atoms with Crippen LogP contribution in [0, 0.1) is 0 Å². The van der Waals surface area contributed by atoms with E-state index >= 15 is 0 Å². The molecule has 19 heavy (non-hydrogen) atoms. The molecule has 0 spiro atoms. The van der Waals surface area contributed by atoms with E-state index in [1.54, 1.807) is 0 Å². The molecule has 0 heterocycles. The summed E-state index contributed by atoms with van der Waals surface area (Å²) >= 11 is 0. The molecule has 0 bridgehead atoms. The second-order valence-electron chi connectivity index (χ2n) is 4.76. The Hall–Kier alpha value is 0.0700. The zero-order valence-corrected chi connectivity index (χ0v) is 12.9. The van der Waals surface area contributed by atoms with Crippen molar-refractivity contribution in [2.45, 2.75) is 64.7 Å². The summed E-state index contributed by atoms with van der Waals surface area (Å²) in [5, 5.41) is 0. The first-order chi connectivity index (χ1) is 9.06. The van der Waals surface area contributed by atoms with Crippen molar-refractivity contribution in [3.8, 4) is 0 Å². The topological polar surface area (TPSA) is 76.0 Å². The molecule has 6 heteroatoms. The zero-order chi connectivity index (χ0) is 14.4. The molecule has 116 valence electrons. The Bertz CT molecular complexity index is 229. The maximum absolute atomic E-state index is 10.4. The van der Waals surface area contributed by atoms with E-state index in [1.807, 2.05) is 0 Å². The Morgan fingerprint density at radius 2 is 1.26 bits per heavy atom. The molecular formula is C13H29O5P. The van der Waals surface area contributed by atoms with E-state index < -0.39 is 7.82 Å². The summed E-state index contributed by atoms with van der Waals surface area (Å²) in [5.41, 5.74) is 0. The predicted octanol–water partition coefficient (Wildman–Crippen LogP) is 3.64. The monoisotopic (exact) mass is 296 g/mol. The molecule has 0 aromatic heterocycles. The molecule has 0 aliphatic carbocycles. The second kappa shape index (κ2) is 13.1. The van der Waals surface area contributed by atoms with E-state index in [4.69, 9.17) is 14.5 Å². The Labute approximate surface area is 116 Å². The van der Waals surface area contributed by atoms with Crippen molar-refractivity contribution >= 4 is 7.82 Å². The lowest BCUT2D eigenvalue weighted by molar-refractivity contribution is 0.130. The van der Waals surface area contributed by atoms with Gasteiger partial charge >= 0.3 is 7.82 Å². The summed E-state index contributed by atoms with van der Waals surface area (Å²) in [4.78, 5) is 16.9. The lowest BCUT2D eigenvalue weighted by atomic mass is 10.1. The number of phosphoric ester groups is 1. The minimum absolute atomic E-state index is 0.152. The number of hydrogen-bond donors (Lipinski definition) is 2. The van der Waals surface area contributed by atoms with Gasteiger partial charge in [-0.05, 0) is 19.3 Å². The van der Waals surface area contributed by atoms with Crippen LogP contribution in [0.5, 0.6) is 0 Å². The summed E-state index contributed by atoms with van der Waals surface area (Å²) in [5.74, 6) is 0. The summed E-state index contributed by atoms with van der Waals surface area (Å²) in [6.07, 6.45) is 9.92. The standard InChI is InChI=1S/C13H29O5P/c1-2-11-17-12-9-7-5-3-4-6-8-10-13-18-19(14,15)16/h2-13H2,1H3,(H2,14,15,16). The number of unbranched alkanes of at least 4 members (excludes halogenated alkanes) is 7. The molecule has 0 aliphatic heterocycles. The molecule has 0 saturated carbocycles. The van der Waals surface area contributed by atoms with Crippen molar-refractivity contribution in [3.63, 3.8) is 0 Å². The van der Waals surface area contributed by atoms with Crippen LogP contribution in [0.15, 0.2) is 0 Å². The molecule has 0 saturated heterocycles. The summed E-state index contributed by atoms with van der Waals surface area (Å²) < 4.78 is 20.2. The largest absolute Gasteiger partial charge is 0.469 e. The smallest absolute Gasteiger partial charge is 0.381 e. The highest BCUT2D eigenvalue weighted by Crippen LogP contribution is 2.35. The third kappa shape index (κ3) is 18.1. The van der Waals surface area contributed by atoms with Gasteiger partial charge in [0.15, 0.2) is 0 Å². The Morgan fingerprint density at radius 1 is 0.789 bits per heavy atom. The van der Waals surface area contributed by atoms with Gasteiger partial charge in [-0.25, -0.2) is 4.57 Å². The lowest BCUT2D eigenvalue weighted by Crippen LogP contribution is -1.95. The van der Waals surface area contributed by atoms with Gasteiger partial charge in [-0.15, -0.1) is 0 Å². The highest BCUT2D eigenvalue weighted by atomic mass is 31.2. The Kier molecular flexibility index (Phi) is 13.1. The molecule has 0 aromatic carbocycles. The normalized spacial score (nSPS) is 11.9. The summed E-state index contributed by atoms with van der Waals surface area (Å²) in [6, 6.07) is 0. The first-order valence-corrected chi connectivity index (χ1v) is 8.87. The zero-order valence-electron chi connectivity index (χ0n) is 12.1. The van der Waals surface area contributed by atoms with Crippen LogP contribution in [0.1, 0.15) is 64.7 Å².